The first-order chi connectivity index (χ1) is 13.5. The van der Waals surface area contributed by atoms with Gasteiger partial charge in [-0.2, -0.15) is 5.10 Å². The second kappa shape index (κ2) is 7.01. The summed E-state index contributed by atoms with van der Waals surface area (Å²) in [6, 6.07) is 12.8. The molecule has 0 radical (unpaired) electrons. The molecular formula is C21H18F2N4O. The Balaban J connectivity index is 2.00. The van der Waals surface area contributed by atoms with E-state index in [2.05, 4.69) is 10.1 Å². The quantitative estimate of drug-likeness (QED) is 0.587. The van der Waals surface area contributed by atoms with Gasteiger partial charge in [-0.25, -0.2) is 13.5 Å². The smallest absolute Gasteiger partial charge is 0.259 e. The third-order valence-corrected chi connectivity index (χ3v) is 4.45. The van der Waals surface area contributed by atoms with Gasteiger partial charge in [0.15, 0.2) is 11.6 Å². The topological polar surface area (TPSA) is 53.9 Å². The van der Waals surface area contributed by atoms with E-state index in [-0.39, 0.29) is 16.6 Å². The molecule has 0 amide bonds. The zero-order chi connectivity index (χ0) is 19.8. The van der Waals surface area contributed by atoms with E-state index in [9.17, 15) is 13.6 Å². The standard InChI is InChI=1S/C21H18F2N4O/c1-26(2)12-13-5-3-6-14(11-13)19-18-17(9-10-24-21(18)28)27(25-19)20-15(22)7-4-8-16(20)23/h3-11H,12H2,1-2H3,(H,24,28). The molecule has 0 saturated carbocycles. The van der Waals surface area contributed by atoms with Crippen molar-refractivity contribution in [3.63, 3.8) is 0 Å². The molecule has 0 saturated heterocycles. The predicted octanol–water partition coefficient (Wildman–Crippen LogP) is 3.72. The van der Waals surface area contributed by atoms with Crippen molar-refractivity contribution in [3.05, 3.63) is 82.3 Å². The number of fused-ring (bicyclic) bond motifs is 1. The SMILES string of the molecule is CN(C)Cc1cccc(-c2nn(-c3c(F)cccc3F)c3cc[nH]c(=O)c23)c1. The number of pyridine rings is 1. The number of H-pyrrole nitrogens is 1. The van der Waals surface area contributed by atoms with Gasteiger partial charge in [-0.3, -0.25) is 4.79 Å². The van der Waals surface area contributed by atoms with Crippen LogP contribution < -0.4 is 5.56 Å². The van der Waals surface area contributed by atoms with Gasteiger partial charge in [-0.1, -0.05) is 24.3 Å². The van der Waals surface area contributed by atoms with Crippen molar-refractivity contribution in [3.8, 4) is 16.9 Å². The first-order valence-electron chi connectivity index (χ1n) is 8.74. The van der Waals surface area contributed by atoms with Crippen LogP contribution in [0.25, 0.3) is 27.8 Å². The van der Waals surface area contributed by atoms with Crippen LogP contribution in [0.2, 0.25) is 0 Å². The van der Waals surface area contributed by atoms with Crippen LogP contribution in [-0.4, -0.2) is 33.8 Å². The van der Waals surface area contributed by atoms with Crippen LogP contribution in [0.4, 0.5) is 8.78 Å². The maximum atomic E-state index is 14.4. The maximum absolute atomic E-state index is 14.4. The molecule has 1 N–H and O–H groups in total. The molecule has 0 atom stereocenters. The number of benzene rings is 2. The van der Waals surface area contributed by atoms with Crippen LogP contribution in [0.3, 0.4) is 0 Å². The van der Waals surface area contributed by atoms with Gasteiger partial charge in [0.05, 0.1) is 10.9 Å². The van der Waals surface area contributed by atoms with Crippen LogP contribution in [0, 0.1) is 11.6 Å². The molecule has 0 aliphatic carbocycles. The Labute approximate surface area is 159 Å². The van der Waals surface area contributed by atoms with Gasteiger partial charge >= 0.3 is 0 Å². The van der Waals surface area contributed by atoms with Crippen molar-refractivity contribution >= 4 is 10.9 Å². The number of hydrogen-bond donors (Lipinski definition) is 1. The Hall–Kier alpha value is -3.32. The summed E-state index contributed by atoms with van der Waals surface area (Å²) < 4.78 is 29.9. The largest absolute Gasteiger partial charge is 0.328 e. The molecular weight excluding hydrogens is 362 g/mol. The van der Waals surface area contributed by atoms with Crippen LogP contribution in [-0.2, 0) is 6.54 Å². The van der Waals surface area contributed by atoms with Crippen LogP contribution in [0.15, 0.2) is 59.5 Å². The van der Waals surface area contributed by atoms with E-state index in [1.807, 2.05) is 43.3 Å². The molecule has 0 aliphatic rings. The number of nitrogens with one attached hydrogen (secondary N) is 1. The van der Waals surface area contributed by atoms with Crippen molar-refractivity contribution < 1.29 is 8.78 Å². The Bertz CT molecular complexity index is 1210. The summed E-state index contributed by atoms with van der Waals surface area (Å²) in [6.45, 7) is 0.713. The summed E-state index contributed by atoms with van der Waals surface area (Å²) >= 11 is 0. The maximum Gasteiger partial charge on any atom is 0.259 e. The van der Waals surface area contributed by atoms with Crippen molar-refractivity contribution in [2.45, 2.75) is 6.54 Å². The Morgan fingerprint density at radius 3 is 2.50 bits per heavy atom. The molecule has 7 heteroatoms. The molecule has 0 aliphatic heterocycles. The summed E-state index contributed by atoms with van der Waals surface area (Å²) in [6.07, 6.45) is 1.44. The number of aromatic nitrogens is 3. The minimum absolute atomic E-state index is 0.284. The van der Waals surface area contributed by atoms with Gasteiger partial charge in [0.2, 0.25) is 0 Å². The third kappa shape index (κ3) is 3.10. The van der Waals surface area contributed by atoms with Gasteiger partial charge in [0, 0.05) is 18.3 Å². The second-order valence-electron chi connectivity index (χ2n) is 6.84. The summed E-state index contributed by atoms with van der Waals surface area (Å²) in [4.78, 5) is 17.2. The fraction of sp³-hybridized carbons (Fsp3) is 0.143. The average Bonchev–Trinajstić information content (AvgIpc) is 3.02. The van der Waals surface area contributed by atoms with E-state index in [1.165, 1.54) is 12.3 Å². The van der Waals surface area contributed by atoms with E-state index in [1.54, 1.807) is 6.07 Å². The minimum atomic E-state index is -0.752. The highest BCUT2D eigenvalue weighted by Crippen LogP contribution is 2.29. The zero-order valence-electron chi connectivity index (χ0n) is 15.4. The average molecular weight is 380 g/mol. The fourth-order valence-electron chi connectivity index (χ4n) is 3.32. The molecule has 4 rings (SSSR count). The monoisotopic (exact) mass is 380 g/mol. The molecule has 0 fully saturated rings. The van der Waals surface area contributed by atoms with Crippen molar-refractivity contribution in [2.24, 2.45) is 0 Å². The summed E-state index contributed by atoms with van der Waals surface area (Å²) in [7, 11) is 3.92. The lowest BCUT2D eigenvalue weighted by atomic mass is 10.1. The first kappa shape index (κ1) is 18.1. The first-order valence-corrected chi connectivity index (χ1v) is 8.74. The molecule has 2 heterocycles. The van der Waals surface area contributed by atoms with Gasteiger partial charge in [0.25, 0.3) is 5.56 Å². The van der Waals surface area contributed by atoms with E-state index >= 15 is 0 Å². The Kier molecular flexibility index (Phi) is 4.52. The predicted molar refractivity (Wildman–Crippen MR) is 104 cm³/mol. The number of rotatable bonds is 4. The number of nitrogens with zero attached hydrogens (tertiary/aromatic N) is 3. The molecule has 0 bridgehead atoms. The normalized spacial score (nSPS) is 11.5. The highest BCUT2D eigenvalue weighted by atomic mass is 19.1. The lowest BCUT2D eigenvalue weighted by Crippen LogP contribution is -2.10. The fourth-order valence-corrected chi connectivity index (χ4v) is 3.32. The number of halogens is 2. The van der Waals surface area contributed by atoms with Crippen LogP contribution >= 0.6 is 0 Å². The van der Waals surface area contributed by atoms with E-state index in [0.717, 1.165) is 22.4 Å². The highest BCUT2D eigenvalue weighted by Gasteiger charge is 2.20. The summed E-state index contributed by atoms with van der Waals surface area (Å²) in [5, 5.41) is 4.72. The zero-order valence-corrected chi connectivity index (χ0v) is 15.4. The molecule has 28 heavy (non-hydrogen) atoms. The number of para-hydroxylation sites is 1. The van der Waals surface area contributed by atoms with Crippen LogP contribution in [0.5, 0.6) is 0 Å². The van der Waals surface area contributed by atoms with Gasteiger partial charge in [-0.15, -0.1) is 0 Å². The molecule has 2 aromatic heterocycles. The number of aromatic amines is 1. The van der Waals surface area contributed by atoms with Crippen molar-refractivity contribution in [1.82, 2.24) is 19.7 Å². The third-order valence-electron chi connectivity index (χ3n) is 4.45. The lowest BCUT2D eigenvalue weighted by Gasteiger charge is -2.10. The Morgan fingerprint density at radius 2 is 1.79 bits per heavy atom. The van der Waals surface area contributed by atoms with E-state index < -0.39 is 11.6 Å². The molecule has 4 aromatic rings. The highest BCUT2D eigenvalue weighted by molar-refractivity contribution is 5.93. The Morgan fingerprint density at radius 1 is 1.07 bits per heavy atom. The van der Waals surface area contributed by atoms with Gasteiger partial charge < -0.3 is 9.88 Å². The van der Waals surface area contributed by atoms with Gasteiger partial charge in [-0.05, 0) is 43.9 Å². The second-order valence-corrected chi connectivity index (χ2v) is 6.84. The van der Waals surface area contributed by atoms with Crippen molar-refractivity contribution in [1.29, 1.82) is 0 Å². The van der Waals surface area contributed by atoms with E-state index in [4.69, 9.17) is 0 Å². The van der Waals surface area contributed by atoms with E-state index in [0.29, 0.717) is 23.3 Å². The summed E-state index contributed by atoms with van der Waals surface area (Å²) in [5.41, 5.74) is 1.77. The molecule has 2 aromatic carbocycles. The van der Waals surface area contributed by atoms with Gasteiger partial charge in [0.1, 0.15) is 11.4 Å². The summed E-state index contributed by atoms with van der Waals surface area (Å²) in [5.74, 6) is -1.50. The molecule has 142 valence electrons. The minimum Gasteiger partial charge on any atom is -0.328 e. The molecule has 0 unspecified atom stereocenters. The molecule has 5 nitrogen and oxygen atoms in total. The van der Waals surface area contributed by atoms with Crippen LogP contribution in [0.1, 0.15) is 5.56 Å². The lowest BCUT2D eigenvalue weighted by molar-refractivity contribution is 0.402. The van der Waals surface area contributed by atoms with Crippen molar-refractivity contribution in [2.75, 3.05) is 14.1 Å². The molecule has 0 spiro atoms. The number of hydrogen-bond acceptors (Lipinski definition) is 3.